The molecule has 3 heteroatoms. The van der Waals surface area contributed by atoms with Gasteiger partial charge in [-0.15, -0.1) is 0 Å². The molecule has 0 atom stereocenters. The number of pyridine rings is 1. The molecule has 1 aromatic rings. The van der Waals surface area contributed by atoms with E-state index < -0.39 is 0 Å². The molecule has 0 amide bonds. The van der Waals surface area contributed by atoms with Crippen molar-refractivity contribution in [1.29, 1.82) is 0 Å². The van der Waals surface area contributed by atoms with Crippen LogP contribution >= 0.6 is 0 Å². The lowest BCUT2D eigenvalue weighted by atomic mass is 10.1. The van der Waals surface area contributed by atoms with Crippen LogP contribution in [-0.2, 0) is 16.1 Å². The van der Waals surface area contributed by atoms with Crippen LogP contribution in [0.3, 0.4) is 0 Å². The van der Waals surface area contributed by atoms with Crippen molar-refractivity contribution < 1.29 is 9.53 Å². The molecule has 0 N–H and O–H groups in total. The fraction of sp³-hybridized carbons (Fsp3) is 0.667. The van der Waals surface area contributed by atoms with E-state index in [0.29, 0.717) is 6.42 Å². The normalized spacial score (nSPS) is 11.1. The van der Waals surface area contributed by atoms with Gasteiger partial charge in [-0.2, -0.15) is 0 Å². The van der Waals surface area contributed by atoms with Crippen molar-refractivity contribution in [2.45, 2.75) is 103 Å². The van der Waals surface area contributed by atoms with E-state index in [4.69, 9.17) is 4.74 Å². The molecule has 0 saturated heterocycles. The van der Waals surface area contributed by atoms with Crippen LogP contribution in [0.1, 0.15) is 103 Å². The van der Waals surface area contributed by atoms with E-state index in [1.807, 2.05) is 18.2 Å². The fourth-order valence-electron chi connectivity index (χ4n) is 3.05. The third kappa shape index (κ3) is 15.1. The molecule has 0 radical (unpaired) electrons. The topological polar surface area (TPSA) is 39.2 Å². The van der Waals surface area contributed by atoms with Crippen LogP contribution in [0.5, 0.6) is 0 Å². The van der Waals surface area contributed by atoms with Gasteiger partial charge in [-0.1, -0.05) is 76.5 Å². The Morgan fingerprint density at radius 3 is 2.15 bits per heavy atom. The van der Waals surface area contributed by atoms with E-state index in [1.165, 1.54) is 70.6 Å². The second kappa shape index (κ2) is 17.8. The van der Waals surface area contributed by atoms with Crippen molar-refractivity contribution in [1.82, 2.24) is 4.98 Å². The number of nitrogens with zero attached hydrogens (tertiary/aromatic N) is 1. The first-order valence-electron chi connectivity index (χ1n) is 11.0. The number of allylic oxidation sites excluding steroid dienone is 2. The number of carbonyl (C=O) groups is 1. The highest BCUT2D eigenvalue weighted by molar-refractivity contribution is 5.69. The first-order chi connectivity index (χ1) is 13.3. The van der Waals surface area contributed by atoms with E-state index in [1.54, 1.807) is 6.20 Å². The molecule has 0 spiro atoms. The SMILES string of the molecule is CCCCCCCC/C=C\CCCCCCCC(=O)OCc1ccccn1. The summed E-state index contributed by atoms with van der Waals surface area (Å²) < 4.78 is 5.24. The summed E-state index contributed by atoms with van der Waals surface area (Å²) in [4.78, 5) is 15.8. The van der Waals surface area contributed by atoms with Gasteiger partial charge in [0, 0.05) is 12.6 Å². The molecule has 1 rings (SSSR count). The van der Waals surface area contributed by atoms with Gasteiger partial charge in [-0.3, -0.25) is 9.78 Å². The highest BCUT2D eigenvalue weighted by atomic mass is 16.5. The molecular formula is C24H39NO2. The summed E-state index contributed by atoms with van der Waals surface area (Å²) in [5.74, 6) is -0.113. The number of rotatable bonds is 17. The molecule has 0 aliphatic heterocycles. The summed E-state index contributed by atoms with van der Waals surface area (Å²) in [5, 5.41) is 0. The maximum atomic E-state index is 11.7. The largest absolute Gasteiger partial charge is 0.459 e. The van der Waals surface area contributed by atoms with Crippen LogP contribution < -0.4 is 0 Å². The Hall–Kier alpha value is -1.64. The summed E-state index contributed by atoms with van der Waals surface area (Å²) in [7, 11) is 0. The maximum absolute atomic E-state index is 11.7. The first kappa shape index (κ1) is 23.4. The highest BCUT2D eigenvalue weighted by Crippen LogP contribution is 2.10. The predicted molar refractivity (Wildman–Crippen MR) is 113 cm³/mol. The number of hydrogen-bond donors (Lipinski definition) is 0. The molecule has 0 bridgehead atoms. The van der Waals surface area contributed by atoms with Crippen LogP contribution in [0, 0.1) is 0 Å². The van der Waals surface area contributed by atoms with Gasteiger partial charge in [0.1, 0.15) is 6.61 Å². The second-order valence-corrected chi connectivity index (χ2v) is 7.32. The van der Waals surface area contributed by atoms with Gasteiger partial charge in [0.15, 0.2) is 0 Å². The van der Waals surface area contributed by atoms with E-state index in [9.17, 15) is 4.79 Å². The zero-order chi connectivity index (χ0) is 19.4. The lowest BCUT2D eigenvalue weighted by Crippen LogP contribution is -2.05. The summed E-state index contributed by atoms with van der Waals surface area (Å²) in [6.45, 7) is 2.55. The van der Waals surface area contributed by atoms with Crippen LogP contribution in [0.2, 0.25) is 0 Å². The van der Waals surface area contributed by atoms with E-state index >= 15 is 0 Å². The minimum atomic E-state index is -0.113. The number of ether oxygens (including phenoxy) is 1. The van der Waals surface area contributed by atoms with Gasteiger partial charge in [-0.25, -0.2) is 0 Å². The fourth-order valence-corrected chi connectivity index (χ4v) is 3.05. The van der Waals surface area contributed by atoms with Gasteiger partial charge < -0.3 is 4.74 Å². The van der Waals surface area contributed by atoms with Crippen molar-refractivity contribution in [3.05, 3.63) is 42.2 Å². The summed E-state index contributed by atoms with van der Waals surface area (Å²) in [5.41, 5.74) is 0.801. The summed E-state index contributed by atoms with van der Waals surface area (Å²) in [6, 6.07) is 5.63. The van der Waals surface area contributed by atoms with Crippen molar-refractivity contribution in [3.8, 4) is 0 Å². The zero-order valence-electron chi connectivity index (χ0n) is 17.3. The molecular weight excluding hydrogens is 334 g/mol. The quantitative estimate of drug-likeness (QED) is 0.165. The molecule has 0 aliphatic carbocycles. The van der Waals surface area contributed by atoms with Gasteiger partial charge in [-0.05, 0) is 44.2 Å². The first-order valence-corrected chi connectivity index (χ1v) is 11.0. The van der Waals surface area contributed by atoms with Crippen molar-refractivity contribution in [2.24, 2.45) is 0 Å². The third-order valence-corrected chi connectivity index (χ3v) is 4.75. The average molecular weight is 374 g/mol. The maximum Gasteiger partial charge on any atom is 0.306 e. The minimum absolute atomic E-state index is 0.113. The minimum Gasteiger partial charge on any atom is -0.459 e. The molecule has 0 aliphatic rings. The number of unbranched alkanes of at least 4 members (excludes halogenated alkanes) is 11. The second-order valence-electron chi connectivity index (χ2n) is 7.32. The number of esters is 1. The standard InChI is InChI=1S/C24H39NO2/c1-2-3-4-5-6-7-8-9-10-11-12-13-14-15-16-20-24(26)27-22-23-19-17-18-21-25-23/h9-10,17-19,21H,2-8,11-16,20,22H2,1H3/b10-9-. The summed E-state index contributed by atoms with van der Waals surface area (Å²) >= 11 is 0. The molecule has 1 aromatic heterocycles. The van der Waals surface area contributed by atoms with Crippen LogP contribution in [0.25, 0.3) is 0 Å². The van der Waals surface area contributed by atoms with E-state index in [0.717, 1.165) is 18.5 Å². The number of carbonyl (C=O) groups excluding carboxylic acids is 1. The molecule has 0 fully saturated rings. The lowest BCUT2D eigenvalue weighted by molar-refractivity contribution is -0.145. The zero-order valence-corrected chi connectivity index (χ0v) is 17.3. The Balaban J connectivity index is 1.82. The van der Waals surface area contributed by atoms with Crippen LogP contribution in [0.15, 0.2) is 36.5 Å². The molecule has 0 unspecified atom stereocenters. The smallest absolute Gasteiger partial charge is 0.306 e. The third-order valence-electron chi connectivity index (χ3n) is 4.75. The average Bonchev–Trinajstić information content (AvgIpc) is 2.70. The van der Waals surface area contributed by atoms with Gasteiger partial charge in [0.05, 0.1) is 5.69 Å². The van der Waals surface area contributed by atoms with Crippen molar-refractivity contribution >= 4 is 5.97 Å². The molecule has 27 heavy (non-hydrogen) atoms. The Bertz CT molecular complexity index is 484. The lowest BCUT2D eigenvalue weighted by Gasteiger charge is -2.04. The number of aromatic nitrogens is 1. The molecule has 152 valence electrons. The predicted octanol–water partition coefficient (Wildman–Crippen LogP) is 7.16. The van der Waals surface area contributed by atoms with Gasteiger partial charge in [0.25, 0.3) is 0 Å². The number of hydrogen-bond acceptors (Lipinski definition) is 3. The Labute approximate surface area is 166 Å². The van der Waals surface area contributed by atoms with Gasteiger partial charge in [0.2, 0.25) is 0 Å². The molecule has 3 nitrogen and oxygen atoms in total. The Morgan fingerprint density at radius 1 is 0.889 bits per heavy atom. The van der Waals surface area contributed by atoms with E-state index in [-0.39, 0.29) is 12.6 Å². The highest BCUT2D eigenvalue weighted by Gasteiger charge is 2.03. The van der Waals surface area contributed by atoms with Gasteiger partial charge >= 0.3 is 5.97 Å². The van der Waals surface area contributed by atoms with Crippen molar-refractivity contribution in [2.75, 3.05) is 0 Å². The summed E-state index contributed by atoms with van der Waals surface area (Å²) in [6.07, 6.45) is 23.4. The Kier molecular flexibility index (Phi) is 15.4. The van der Waals surface area contributed by atoms with Crippen molar-refractivity contribution in [3.63, 3.8) is 0 Å². The molecule has 0 saturated carbocycles. The van der Waals surface area contributed by atoms with Crippen LogP contribution in [-0.4, -0.2) is 11.0 Å². The Morgan fingerprint density at radius 2 is 1.52 bits per heavy atom. The van der Waals surface area contributed by atoms with Crippen LogP contribution in [0.4, 0.5) is 0 Å². The van der Waals surface area contributed by atoms with E-state index in [2.05, 4.69) is 24.1 Å². The molecule has 0 aromatic carbocycles. The molecule has 1 heterocycles. The monoisotopic (exact) mass is 373 g/mol.